The maximum atomic E-state index is 12.1. The molecule has 0 fully saturated rings. The molecule has 0 aliphatic rings. The van der Waals surface area contributed by atoms with Crippen LogP contribution in [0.3, 0.4) is 0 Å². The number of thiophene rings is 1. The number of aliphatic carboxylic acids is 1. The molecule has 1 amide bonds. The highest BCUT2D eigenvalue weighted by molar-refractivity contribution is 7.17. The number of amides is 1. The molecule has 2 aromatic rings. The van der Waals surface area contributed by atoms with Gasteiger partial charge >= 0.3 is 5.97 Å². The third kappa shape index (κ3) is 3.12. The van der Waals surface area contributed by atoms with E-state index in [0.717, 1.165) is 15.6 Å². The molecule has 0 bridgehead atoms. The number of rotatable bonds is 4. The molecule has 2 N–H and O–H groups in total. The summed E-state index contributed by atoms with van der Waals surface area (Å²) in [4.78, 5) is 22.7. The third-order valence-corrected chi connectivity index (χ3v) is 3.78. The minimum absolute atomic E-state index is 0.0765. The number of benzene rings is 1. The fourth-order valence-electron chi connectivity index (χ4n) is 1.93. The van der Waals surface area contributed by atoms with Crippen LogP contribution >= 0.6 is 11.3 Å². The summed E-state index contributed by atoms with van der Waals surface area (Å²) in [5.74, 6) is -1.14. The molecule has 100 valence electrons. The Hall–Kier alpha value is -1.88. The number of fused-ring (bicyclic) bond motifs is 1. The highest BCUT2D eigenvalue weighted by atomic mass is 32.1. The van der Waals surface area contributed by atoms with E-state index in [-0.39, 0.29) is 18.4 Å². The minimum atomic E-state index is -0.918. The first-order chi connectivity index (χ1) is 8.97. The smallest absolute Gasteiger partial charge is 0.305 e. The van der Waals surface area contributed by atoms with E-state index in [2.05, 4.69) is 5.32 Å². The van der Waals surface area contributed by atoms with E-state index in [4.69, 9.17) is 5.11 Å². The van der Waals surface area contributed by atoms with Crippen molar-refractivity contribution in [1.82, 2.24) is 5.32 Å². The lowest BCUT2D eigenvalue weighted by Crippen LogP contribution is -2.34. The van der Waals surface area contributed by atoms with Crippen LogP contribution in [0.4, 0.5) is 0 Å². The van der Waals surface area contributed by atoms with E-state index in [1.807, 2.05) is 30.5 Å². The highest BCUT2D eigenvalue weighted by Crippen LogP contribution is 2.26. The Kier molecular flexibility index (Phi) is 3.85. The summed E-state index contributed by atoms with van der Waals surface area (Å²) in [6, 6.07) is 5.55. The molecule has 1 atom stereocenters. The van der Waals surface area contributed by atoms with Gasteiger partial charge in [0.15, 0.2) is 0 Å². The maximum Gasteiger partial charge on any atom is 0.305 e. The van der Waals surface area contributed by atoms with Gasteiger partial charge in [0.1, 0.15) is 0 Å². The minimum Gasteiger partial charge on any atom is -0.481 e. The van der Waals surface area contributed by atoms with Crippen LogP contribution in [0.25, 0.3) is 10.1 Å². The first-order valence-corrected chi connectivity index (χ1v) is 6.86. The van der Waals surface area contributed by atoms with Gasteiger partial charge in [-0.2, -0.15) is 0 Å². The normalized spacial score (nSPS) is 12.3. The Labute approximate surface area is 115 Å². The van der Waals surface area contributed by atoms with Crippen LogP contribution in [0.5, 0.6) is 0 Å². The first-order valence-electron chi connectivity index (χ1n) is 5.98. The van der Waals surface area contributed by atoms with Crippen LogP contribution in [0, 0.1) is 6.92 Å². The number of hydrogen-bond acceptors (Lipinski definition) is 3. The van der Waals surface area contributed by atoms with Gasteiger partial charge in [-0.25, -0.2) is 0 Å². The Morgan fingerprint density at radius 3 is 2.84 bits per heavy atom. The fraction of sp³-hybridized carbons (Fsp3) is 0.286. The van der Waals surface area contributed by atoms with E-state index >= 15 is 0 Å². The van der Waals surface area contributed by atoms with Gasteiger partial charge in [0.2, 0.25) is 0 Å². The molecule has 0 saturated heterocycles. The Morgan fingerprint density at radius 2 is 2.16 bits per heavy atom. The summed E-state index contributed by atoms with van der Waals surface area (Å²) in [5, 5.41) is 14.1. The zero-order valence-electron chi connectivity index (χ0n) is 10.8. The Balaban J connectivity index is 2.20. The van der Waals surface area contributed by atoms with Crippen molar-refractivity contribution in [3.05, 3.63) is 34.7 Å². The number of aryl methyl sites for hydroxylation is 1. The SMILES string of the molecule is Cc1ccc2c(C(=O)NC(C)CC(=O)O)csc2c1. The summed E-state index contributed by atoms with van der Waals surface area (Å²) in [7, 11) is 0. The summed E-state index contributed by atoms with van der Waals surface area (Å²) in [6.45, 7) is 3.69. The molecule has 1 aromatic heterocycles. The molecule has 0 saturated carbocycles. The van der Waals surface area contributed by atoms with E-state index < -0.39 is 5.97 Å². The summed E-state index contributed by atoms with van der Waals surface area (Å²) >= 11 is 1.52. The van der Waals surface area contributed by atoms with Crippen molar-refractivity contribution in [1.29, 1.82) is 0 Å². The summed E-state index contributed by atoms with van der Waals surface area (Å²) in [5.41, 5.74) is 1.76. The van der Waals surface area contributed by atoms with Crippen LogP contribution in [-0.2, 0) is 4.79 Å². The predicted octanol–water partition coefficient (Wildman–Crippen LogP) is 2.80. The molecule has 2 rings (SSSR count). The maximum absolute atomic E-state index is 12.1. The van der Waals surface area contributed by atoms with Crippen LogP contribution in [0.2, 0.25) is 0 Å². The van der Waals surface area contributed by atoms with E-state index in [1.54, 1.807) is 6.92 Å². The fourth-order valence-corrected chi connectivity index (χ4v) is 2.96. The lowest BCUT2D eigenvalue weighted by atomic mass is 10.1. The van der Waals surface area contributed by atoms with Crippen molar-refractivity contribution < 1.29 is 14.7 Å². The van der Waals surface area contributed by atoms with Crippen molar-refractivity contribution in [2.24, 2.45) is 0 Å². The molecule has 4 nitrogen and oxygen atoms in total. The second kappa shape index (κ2) is 5.40. The average molecular weight is 277 g/mol. The topological polar surface area (TPSA) is 66.4 Å². The zero-order valence-corrected chi connectivity index (χ0v) is 11.6. The van der Waals surface area contributed by atoms with Crippen LogP contribution in [0.1, 0.15) is 29.3 Å². The Morgan fingerprint density at radius 1 is 1.42 bits per heavy atom. The number of carboxylic acids is 1. The largest absolute Gasteiger partial charge is 0.481 e. The van der Waals surface area contributed by atoms with Gasteiger partial charge in [-0.15, -0.1) is 11.3 Å². The molecule has 0 aliphatic carbocycles. The lowest BCUT2D eigenvalue weighted by molar-refractivity contribution is -0.137. The van der Waals surface area contributed by atoms with Gasteiger partial charge in [0.05, 0.1) is 12.0 Å². The summed E-state index contributed by atoms with van der Waals surface area (Å²) < 4.78 is 1.07. The lowest BCUT2D eigenvalue weighted by Gasteiger charge is -2.10. The van der Waals surface area contributed by atoms with E-state index in [9.17, 15) is 9.59 Å². The van der Waals surface area contributed by atoms with Gasteiger partial charge in [0, 0.05) is 21.5 Å². The van der Waals surface area contributed by atoms with Crippen molar-refractivity contribution in [3.63, 3.8) is 0 Å². The Bertz CT molecular complexity index is 633. The highest BCUT2D eigenvalue weighted by Gasteiger charge is 2.15. The third-order valence-electron chi connectivity index (χ3n) is 2.83. The van der Waals surface area contributed by atoms with Crippen molar-refractivity contribution in [3.8, 4) is 0 Å². The van der Waals surface area contributed by atoms with Gasteiger partial charge in [-0.3, -0.25) is 9.59 Å². The van der Waals surface area contributed by atoms with Crippen molar-refractivity contribution in [2.75, 3.05) is 0 Å². The monoisotopic (exact) mass is 277 g/mol. The number of carbonyl (C=O) groups is 2. The second-order valence-corrected chi connectivity index (χ2v) is 5.53. The molecule has 0 aliphatic heterocycles. The van der Waals surface area contributed by atoms with Crippen molar-refractivity contribution in [2.45, 2.75) is 26.3 Å². The molecule has 1 heterocycles. The average Bonchev–Trinajstić information content (AvgIpc) is 2.70. The van der Waals surface area contributed by atoms with Crippen LogP contribution < -0.4 is 5.32 Å². The predicted molar refractivity (Wildman–Crippen MR) is 75.7 cm³/mol. The number of carbonyl (C=O) groups excluding carboxylic acids is 1. The zero-order chi connectivity index (χ0) is 14.0. The molecular weight excluding hydrogens is 262 g/mol. The van der Waals surface area contributed by atoms with Gasteiger partial charge < -0.3 is 10.4 Å². The second-order valence-electron chi connectivity index (χ2n) is 4.62. The molecule has 5 heteroatoms. The molecule has 0 spiro atoms. The molecule has 19 heavy (non-hydrogen) atoms. The van der Waals surface area contributed by atoms with Crippen LogP contribution in [-0.4, -0.2) is 23.0 Å². The van der Waals surface area contributed by atoms with E-state index in [0.29, 0.717) is 5.56 Å². The van der Waals surface area contributed by atoms with Crippen LogP contribution in [0.15, 0.2) is 23.6 Å². The number of hydrogen-bond donors (Lipinski definition) is 2. The van der Waals surface area contributed by atoms with Crippen molar-refractivity contribution >= 4 is 33.3 Å². The van der Waals surface area contributed by atoms with Gasteiger partial charge in [-0.1, -0.05) is 12.1 Å². The van der Waals surface area contributed by atoms with Gasteiger partial charge in [0.25, 0.3) is 5.91 Å². The quantitative estimate of drug-likeness (QED) is 0.903. The molecular formula is C14H15NO3S. The summed E-state index contributed by atoms with van der Waals surface area (Å²) in [6.07, 6.45) is -0.0765. The molecule has 1 unspecified atom stereocenters. The van der Waals surface area contributed by atoms with E-state index in [1.165, 1.54) is 11.3 Å². The number of nitrogens with one attached hydrogen (secondary N) is 1. The molecule has 0 radical (unpaired) electrons. The van der Waals surface area contributed by atoms with Gasteiger partial charge in [-0.05, 0) is 25.5 Å². The standard InChI is InChI=1S/C14H15NO3S/c1-8-3-4-10-11(7-19-12(10)5-8)14(18)15-9(2)6-13(16)17/h3-5,7,9H,6H2,1-2H3,(H,15,18)(H,16,17). The molecule has 1 aromatic carbocycles. The first kappa shape index (κ1) is 13.5. The number of carboxylic acid groups (broad SMARTS) is 1.